The topological polar surface area (TPSA) is 69.4 Å². The summed E-state index contributed by atoms with van der Waals surface area (Å²) in [5, 5.41) is 0. The fourth-order valence-electron chi connectivity index (χ4n) is 3.74. The Balaban J connectivity index is 1.63. The Morgan fingerprint density at radius 1 is 0.852 bits per heavy atom. The van der Waals surface area contributed by atoms with Gasteiger partial charge in [-0.15, -0.1) is 0 Å². The minimum Gasteiger partial charge on any atom is -0.457 e. The monoisotopic (exact) mass is 357 g/mol. The summed E-state index contributed by atoms with van der Waals surface area (Å²) in [4.78, 5) is 25.0. The van der Waals surface area contributed by atoms with Crippen LogP contribution in [-0.2, 0) is 16.0 Å². The molecule has 0 aromatic heterocycles. The molecule has 0 spiro atoms. The number of ether oxygens (including phenoxy) is 1. The van der Waals surface area contributed by atoms with Crippen molar-refractivity contribution in [1.82, 2.24) is 0 Å². The number of amides is 1. The molecule has 1 aliphatic carbocycles. The van der Waals surface area contributed by atoms with Crippen LogP contribution in [0, 0.1) is 0 Å². The lowest BCUT2D eigenvalue weighted by atomic mass is 9.98. The predicted octanol–water partition coefficient (Wildman–Crippen LogP) is 3.70. The lowest BCUT2D eigenvalue weighted by molar-refractivity contribution is -0.121. The first kappa shape index (κ1) is 17.0. The van der Waals surface area contributed by atoms with E-state index in [4.69, 9.17) is 10.5 Å². The van der Waals surface area contributed by atoms with Crippen molar-refractivity contribution in [2.24, 2.45) is 5.73 Å². The van der Waals surface area contributed by atoms with Crippen LogP contribution in [-0.4, -0.2) is 18.0 Å². The van der Waals surface area contributed by atoms with Crippen LogP contribution in [0.2, 0.25) is 0 Å². The Kier molecular flexibility index (Phi) is 4.47. The number of esters is 1. The van der Waals surface area contributed by atoms with Crippen LogP contribution in [0.5, 0.6) is 0 Å². The molecule has 4 heteroatoms. The molecule has 0 aliphatic heterocycles. The fraction of sp³-hybridized carbons (Fsp3) is 0.130. The number of benzene rings is 3. The van der Waals surface area contributed by atoms with Crippen LogP contribution in [0.3, 0.4) is 0 Å². The van der Waals surface area contributed by atoms with Gasteiger partial charge < -0.3 is 10.5 Å². The van der Waals surface area contributed by atoms with Crippen molar-refractivity contribution in [2.75, 3.05) is 0 Å². The molecule has 27 heavy (non-hydrogen) atoms. The lowest BCUT2D eigenvalue weighted by Gasteiger charge is -2.19. The molecule has 0 saturated carbocycles. The van der Waals surface area contributed by atoms with E-state index in [-0.39, 0.29) is 0 Å². The average Bonchev–Trinajstić information content (AvgIpc) is 3.06. The molecular formula is C23H19NO3. The molecule has 3 aromatic rings. The fourth-order valence-corrected chi connectivity index (χ4v) is 3.74. The zero-order valence-corrected chi connectivity index (χ0v) is 14.7. The number of carbonyl (C=O) groups excluding carboxylic acids is 2. The van der Waals surface area contributed by atoms with Crippen LogP contribution >= 0.6 is 0 Å². The number of carbonyl (C=O) groups is 2. The van der Waals surface area contributed by atoms with Crippen molar-refractivity contribution in [3.8, 4) is 11.1 Å². The third kappa shape index (κ3) is 3.22. The van der Waals surface area contributed by atoms with E-state index in [1.165, 1.54) is 0 Å². The summed E-state index contributed by atoms with van der Waals surface area (Å²) in [6, 6.07) is 24.6. The summed E-state index contributed by atoms with van der Waals surface area (Å²) in [5.41, 5.74) is 9.66. The van der Waals surface area contributed by atoms with Gasteiger partial charge in [0.1, 0.15) is 12.0 Å². The maximum absolute atomic E-state index is 12.9. The SMILES string of the molecule is NC(=O)C1c2ccccc2CC1OC(=O)c1ccccc1-c1ccccc1. The third-order valence-corrected chi connectivity index (χ3v) is 4.98. The highest BCUT2D eigenvalue weighted by molar-refractivity contribution is 5.97. The molecule has 3 aromatic carbocycles. The Hall–Kier alpha value is -3.40. The summed E-state index contributed by atoms with van der Waals surface area (Å²) >= 11 is 0. The lowest BCUT2D eigenvalue weighted by Crippen LogP contribution is -2.32. The maximum Gasteiger partial charge on any atom is 0.339 e. The molecule has 2 N–H and O–H groups in total. The van der Waals surface area contributed by atoms with E-state index in [0.29, 0.717) is 12.0 Å². The van der Waals surface area contributed by atoms with Crippen LogP contribution in [0.15, 0.2) is 78.9 Å². The number of hydrogen-bond donors (Lipinski definition) is 1. The van der Waals surface area contributed by atoms with Crippen molar-refractivity contribution < 1.29 is 14.3 Å². The van der Waals surface area contributed by atoms with Crippen molar-refractivity contribution in [3.63, 3.8) is 0 Å². The summed E-state index contributed by atoms with van der Waals surface area (Å²) in [7, 11) is 0. The van der Waals surface area contributed by atoms with E-state index in [1.807, 2.05) is 66.7 Å². The van der Waals surface area contributed by atoms with Crippen molar-refractivity contribution in [1.29, 1.82) is 0 Å². The maximum atomic E-state index is 12.9. The van der Waals surface area contributed by atoms with Gasteiger partial charge in [-0.25, -0.2) is 4.79 Å². The minimum absolute atomic E-state index is 0.446. The molecule has 0 saturated heterocycles. The van der Waals surface area contributed by atoms with Gasteiger partial charge in [0.15, 0.2) is 0 Å². The number of rotatable bonds is 4. The first-order chi connectivity index (χ1) is 13.1. The number of primary amides is 1. The van der Waals surface area contributed by atoms with Crippen LogP contribution in [0.1, 0.15) is 27.4 Å². The van der Waals surface area contributed by atoms with E-state index in [9.17, 15) is 9.59 Å². The summed E-state index contributed by atoms with van der Waals surface area (Å²) in [5.74, 6) is -1.54. The van der Waals surface area contributed by atoms with Crippen LogP contribution < -0.4 is 5.73 Å². The highest BCUT2D eigenvalue weighted by Crippen LogP contribution is 2.36. The zero-order valence-electron chi connectivity index (χ0n) is 14.7. The number of nitrogens with two attached hydrogens (primary N) is 1. The predicted molar refractivity (Wildman–Crippen MR) is 103 cm³/mol. The quantitative estimate of drug-likeness (QED) is 0.724. The van der Waals surface area contributed by atoms with E-state index in [0.717, 1.165) is 22.3 Å². The van der Waals surface area contributed by atoms with Crippen molar-refractivity contribution >= 4 is 11.9 Å². The Labute approximate surface area is 157 Å². The second kappa shape index (κ2) is 7.08. The van der Waals surface area contributed by atoms with Crippen molar-refractivity contribution in [2.45, 2.75) is 18.4 Å². The molecule has 4 rings (SSSR count). The molecule has 4 nitrogen and oxygen atoms in total. The number of hydrogen-bond acceptors (Lipinski definition) is 3. The molecule has 2 atom stereocenters. The van der Waals surface area contributed by atoms with Crippen LogP contribution in [0.4, 0.5) is 0 Å². The highest BCUT2D eigenvalue weighted by Gasteiger charge is 2.39. The molecule has 0 heterocycles. The van der Waals surface area contributed by atoms with Gasteiger partial charge in [0, 0.05) is 6.42 Å². The van der Waals surface area contributed by atoms with Gasteiger partial charge in [0.2, 0.25) is 5.91 Å². The van der Waals surface area contributed by atoms with Crippen molar-refractivity contribution in [3.05, 3.63) is 95.6 Å². The van der Waals surface area contributed by atoms with Crippen LogP contribution in [0.25, 0.3) is 11.1 Å². The smallest absolute Gasteiger partial charge is 0.339 e. The van der Waals surface area contributed by atoms with E-state index in [2.05, 4.69) is 0 Å². The van der Waals surface area contributed by atoms with E-state index in [1.54, 1.807) is 12.1 Å². The van der Waals surface area contributed by atoms with Gasteiger partial charge >= 0.3 is 5.97 Å². The van der Waals surface area contributed by atoms with E-state index < -0.39 is 23.9 Å². The van der Waals surface area contributed by atoms with Gasteiger partial charge in [-0.05, 0) is 28.3 Å². The summed E-state index contributed by atoms with van der Waals surface area (Å²) in [6.07, 6.45) is -0.0977. The molecular weight excluding hydrogens is 338 g/mol. The van der Waals surface area contributed by atoms with Gasteiger partial charge in [0.05, 0.1) is 5.56 Å². The van der Waals surface area contributed by atoms with E-state index >= 15 is 0 Å². The standard InChI is InChI=1S/C23H19NO3/c24-22(25)21-18-12-5-4-10-16(18)14-20(21)27-23(26)19-13-7-6-11-17(19)15-8-2-1-3-9-15/h1-13,20-21H,14H2,(H2,24,25). The second-order valence-corrected chi connectivity index (χ2v) is 6.64. The molecule has 2 unspecified atom stereocenters. The second-order valence-electron chi connectivity index (χ2n) is 6.64. The Bertz CT molecular complexity index is 997. The largest absolute Gasteiger partial charge is 0.457 e. The van der Waals surface area contributed by atoms with Gasteiger partial charge in [-0.1, -0.05) is 72.8 Å². The Morgan fingerprint density at radius 2 is 1.52 bits per heavy atom. The highest BCUT2D eigenvalue weighted by atomic mass is 16.5. The molecule has 0 bridgehead atoms. The van der Waals surface area contributed by atoms with Gasteiger partial charge in [-0.2, -0.15) is 0 Å². The van der Waals surface area contributed by atoms with Gasteiger partial charge in [0.25, 0.3) is 0 Å². The first-order valence-electron chi connectivity index (χ1n) is 8.87. The normalized spacial score (nSPS) is 17.9. The summed E-state index contributed by atoms with van der Waals surface area (Å²) < 4.78 is 5.78. The Morgan fingerprint density at radius 3 is 2.30 bits per heavy atom. The molecule has 1 aliphatic rings. The molecule has 1 amide bonds. The first-order valence-corrected chi connectivity index (χ1v) is 8.87. The molecule has 0 fully saturated rings. The average molecular weight is 357 g/mol. The number of fused-ring (bicyclic) bond motifs is 1. The minimum atomic E-state index is -0.617. The zero-order chi connectivity index (χ0) is 18.8. The summed E-state index contributed by atoms with van der Waals surface area (Å²) in [6.45, 7) is 0. The molecule has 134 valence electrons. The van der Waals surface area contributed by atoms with Gasteiger partial charge in [-0.3, -0.25) is 4.79 Å². The molecule has 0 radical (unpaired) electrons. The third-order valence-electron chi connectivity index (χ3n) is 4.98.